The van der Waals surface area contributed by atoms with E-state index in [0.29, 0.717) is 38.4 Å². The number of nitrogens with zero attached hydrogens (tertiary/aromatic N) is 3. The van der Waals surface area contributed by atoms with Gasteiger partial charge in [0.25, 0.3) is 11.8 Å². The molecule has 4 aromatic rings. The highest BCUT2D eigenvalue weighted by atomic mass is 32.2. The zero-order valence-electron chi connectivity index (χ0n) is 24.2. The third-order valence-corrected chi connectivity index (χ3v) is 8.29. The number of benzene rings is 3. The van der Waals surface area contributed by atoms with Crippen LogP contribution in [0.3, 0.4) is 0 Å². The zero-order chi connectivity index (χ0) is 32.7. The van der Waals surface area contributed by atoms with Crippen LogP contribution in [0.2, 0.25) is 0 Å². The van der Waals surface area contributed by atoms with Crippen LogP contribution in [0.1, 0.15) is 16.9 Å². The number of methoxy groups -OCH3 is 1. The van der Waals surface area contributed by atoms with Crippen molar-refractivity contribution in [2.24, 2.45) is 15.3 Å². The van der Waals surface area contributed by atoms with E-state index < -0.39 is 15.9 Å². The molecule has 0 bridgehead atoms. The fourth-order valence-corrected chi connectivity index (χ4v) is 5.58. The van der Waals surface area contributed by atoms with Crippen LogP contribution in [0.15, 0.2) is 110 Å². The highest BCUT2D eigenvalue weighted by Crippen LogP contribution is 2.35. The number of phenolic OH excluding ortho intramolecular Hbond substituents is 1. The molecule has 1 aliphatic heterocycles. The van der Waals surface area contributed by atoms with Crippen molar-refractivity contribution in [2.45, 2.75) is 11.4 Å². The van der Waals surface area contributed by atoms with Gasteiger partial charge in [-0.25, -0.2) is 13.6 Å². The lowest BCUT2D eigenvalue weighted by molar-refractivity contribution is -0.122. The quantitative estimate of drug-likeness (QED) is 0.121. The second-order valence-electron chi connectivity index (χ2n) is 9.58. The Hall–Kier alpha value is -5.38. The molecule has 236 valence electrons. The SMILES string of the molecule is COc1cc(/C=N/N=C2\S/C(=C\c3ccccc3OCC(=O)Nc3ccc(S(N)(=O)=O)cc3)C(=O)N2Cc2ccco2)ccc1O. The van der Waals surface area contributed by atoms with Gasteiger partial charge in [0.1, 0.15) is 11.5 Å². The number of thioether (sulfide) groups is 1. The van der Waals surface area contributed by atoms with Crippen LogP contribution in [-0.2, 0) is 26.2 Å². The number of ether oxygens (including phenoxy) is 2. The van der Waals surface area contributed by atoms with Crippen molar-refractivity contribution in [2.75, 3.05) is 19.0 Å². The van der Waals surface area contributed by atoms with E-state index in [1.165, 1.54) is 54.8 Å². The molecule has 0 aliphatic carbocycles. The largest absolute Gasteiger partial charge is 0.504 e. The van der Waals surface area contributed by atoms with Crippen molar-refractivity contribution >= 4 is 56.7 Å². The van der Waals surface area contributed by atoms with E-state index in [-0.39, 0.29) is 35.5 Å². The molecular weight excluding hydrogens is 635 g/mol. The molecule has 1 fully saturated rings. The molecular formula is C31H27N5O8S2. The summed E-state index contributed by atoms with van der Waals surface area (Å²) >= 11 is 1.11. The van der Waals surface area contributed by atoms with Gasteiger partial charge in [0.2, 0.25) is 10.0 Å². The van der Waals surface area contributed by atoms with E-state index in [9.17, 15) is 23.1 Å². The first-order chi connectivity index (χ1) is 22.1. The fraction of sp³-hybridized carbons (Fsp3) is 0.0968. The number of amides is 2. The molecule has 0 radical (unpaired) electrons. The topological polar surface area (TPSA) is 186 Å². The first-order valence-electron chi connectivity index (χ1n) is 13.5. The Balaban J connectivity index is 1.32. The number of para-hydroxylation sites is 1. The molecule has 1 aromatic heterocycles. The first-order valence-corrected chi connectivity index (χ1v) is 15.8. The normalized spacial score (nSPS) is 15.2. The van der Waals surface area contributed by atoms with Crippen molar-refractivity contribution < 1.29 is 37.0 Å². The number of carbonyl (C=O) groups excluding carboxylic acids is 2. The van der Waals surface area contributed by atoms with E-state index in [0.717, 1.165) is 11.8 Å². The number of primary sulfonamides is 1. The van der Waals surface area contributed by atoms with Gasteiger partial charge in [-0.15, -0.1) is 5.10 Å². The summed E-state index contributed by atoms with van der Waals surface area (Å²) < 4.78 is 39.3. The van der Waals surface area contributed by atoms with Crippen molar-refractivity contribution in [1.82, 2.24) is 4.90 Å². The molecule has 0 saturated carbocycles. The monoisotopic (exact) mass is 661 g/mol. The Morgan fingerprint density at radius 1 is 1.09 bits per heavy atom. The third kappa shape index (κ3) is 8.01. The number of rotatable bonds is 11. The Morgan fingerprint density at radius 2 is 1.87 bits per heavy atom. The maximum atomic E-state index is 13.5. The predicted octanol–water partition coefficient (Wildman–Crippen LogP) is 4.17. The predicted molar refractivity (Wildman–Crippen MR) is 173 cm³/mol. The number of furan rings is 1. The second-order valence-corrected chi connectivity index (χ2v) is 12.2. The summed E-state index contributed by atoms with van der Waals surface area (Å²) in [5.41, 5.74) is 1.53. The number of sulfonamides is 1. The number of carbonyl (C=O) groups is 2. The van der Waals surface area contributed by atoms with Gasteiger partial charge in [-0.2, -0.15) is 5.10 Å². The summed E-state index contributed by atoms with van der Waals surface area (Å²) in [6.07, 6.45) is 4.62. The van der Waals surface area contributed by atoms with Crippen molar-refractivity contribution in [1.29, 1.82) is 0 Å². The standard InChI is InChI=1S/C31H27N5O8S2/c1-42-27-15-20(8-13-25(27)37)17-33-35-31-36(18-23-6-4-14-43-23)30(39)28(45-31)16-21-5-2-3-7-26(21)44-19-29(38)34-22-9-11-24(12-10-22)46(32,40)41/h2-17,37H,18-19H2,1H3,(H,34,38)(H2,32,40,41)/b28-16-,33-17+,35-31-. The van der Waals surface area contributed by atoms with Gasteiger partial charge in [-0.05, 0) is 84.1 Å². The summed E-state index contributed by atoms with van der Waals surface area (Å²) in [6, 6.07) is 20.5. The lowest BCUT2D eigenvalue weighted by Gasteiger charge is -2.12. The summed E-state index contributed by atoms with van der Waals surface area (Å²) in [6.45, 7) is -0.236. The molecule has 1 saturated heterocycles. The summed E-state index contributed by atoms with van der Waals surface area (Å²) in [7, 11) is -2.42. The number of phenols is 1. The molecule has 1 aliphatic rings. The lowest BCUT2D eigenvalue weighted by Crippen LogP contribution is -2.28. The van der Waals surface area contributed by atoms with E-state index >= 15 is 0 Å². The van der Waals surface area contributed by atoms with Gasteiger partial charge in [0, 0.05) is 11.3 Å². The second kappa shape index (κ2) is 14.2. The smallest absolute Gasteiger partial charge is 0.267 e. The number of hydrogen-bond donors (Lipinski definition) is 3. The van der Waals surface area contributed by atoms with E-state index in [4.69, 9.17) is 19.0 Å². The first kappa shape index (κ1) is 32.0. The lowest BCUT2D eigenvalue weighted by atomic mass is 10.2. The zero-order valence-corrected chi connectivity index (χ0v) is 25.8. The Morgan fingerprint density at radius 3 is 2.59 bits per heavy atom. The van der Waals surface area contributed by atoms with Crippen LogP contribution >= 0.6 is 11.8 Å². The van der Waals surface area contributed by atoms with Gasteiger partial charge in [-0.1, -0.05) is 18.2 Å². The van der Waals surface area contributed by atoms with Crippen molar-refractivity contribution in [3.05, 3.63) is 107 Å². The molecule has 3 aromatic carbocycles. The van der Waals surface area contributed by atoms with Gasteiger partial charge in [-0.3, -0.25) is 14.5 Å². The van der Waals surface area contributed by atoms with Crippen molar-refractivity contribution in [3.63, 3.8) is 0 Å². The minimum absolute atomic E-state index is 0.00987. The van der Waals surface area contributed by atoms with Gasteiger partial charge in [0.15, 0.2) is 23.3 Å². The molecule has 15 heteroatoms. The summed E-state index contributed by atoms with van der Waals surface area (Å²) in [5, 5.41) is 26.3. The molecule has 0 unspecified atom stereocenters. The molecule has 13 nitrogen and oxygen atoms in total. The van der Waals surface area contributed by atoms with Gasteiger partial charge in [0.05, 0.1) is 35.9 Å². The Kier molecular flexibility index (Phi) is 9.85. The van der Waals surface area contributed by atoms with Crippen LogP contribution in [0.25, 0.3) is 6.08 Å². The average Bonchev–Trinajstić information content (AvgIpc) is 3.65. The van der Waals surface area contributed by atoms with Crippen LogP contribution in [0.5, 0.6) is 17.2 Å². The highest BCUT2D eigenvalue weighted by molar-refractivity contribution is 8.18. The summed E-state index contributed by atoms with van der Waals surface area (Å²) in [5.74, 6) is 0.347. The maximum absolute atomic E-state index is 13.5. The molecule has 46 heavy (non-hydrogen) atoms. The Labute approximate surface area is 268 Å². The number of hydrogen-bond acceptors (Lipinski definition) is 11. The summed E-state index contributed by atoms with van der Waals surface area (Å²) in [4.78, 5) is 27.8. The highest BCUT2D eigenvalue weighted by Gasteiger charge is 2.34. The molecule has 0 spiro atoms. The molecule has 2 heterocycles. The van der Waals surface area contributed by atoms with Gasteiger partial charge >= 0.3 is 0 Å². The number of anilines is 1. The third-order valence-electron chi connectivity index (χ3n) is 6.37. The fourth-order valence-electron chi connectivity index (χ4n) is 4.14. The van der Waals surface area contributed by atoms with Crippen LogP contribution in [-0.4, -0.2) is 55.3 Å². The molecule has 0 atom stereocenters. The molecule has 2 amide bonds. The number of aromatic hydroxyl groups is 1. The van der Waals surface area contributed by atoms with Gasteiger partial charge < -0.3 is 24.3 Å². The minimum atomic E-state index is -3.86. The van der Waals surface area contributed by atoms with E-state index in [1.807, 2.05) is 0 Å². The minimum Gasteiger partial charge on any atom is -0.504 e. The average molecular weight is 662 g/mol. The van der Waals surface area contributed by atoms with E-state index in [1.54, 1.807) is 54.6 Å². The van der Waals surface area contributed by atoms with Crippen molar-refractivity contribution in [3.8, 4) is 17.2 Å². The number of amidine groups is 1. The van der Waals surface area contributed by atoms with Crippen LogP contribution in [0, 0.1) is 0 Å². The Bertz CT molecular complexity index is 1940. The molecule has 5 rings (SSSR count). The van der Waals surface area contributed by atoms with Crippen LogP contribution < -0.4 is 19.9 Å². The van der Waals surface area contributed by atoms with E-state index in [2.05, 4.69) is 15.5 Å². The van der Waals surface area contributed by atoms with Crippen LogP contribution in [0.4, 0.5) is 5.69 Å². The maximum Gasteiger partial charge on any atom is 0.267 e. The number of nitrogens with two attached hydrogens (primary N) is 1. The molecule has 4 N–H and O–H groups in total. The number of nitrogens with one attached hydrogen (secondary N) is 1.